The van der Waals surface area contributed by atoms with E-state index in [1.165, 1.54) is 5.56 Å². The third-order valence-electron chi connectivity index (χ3n) is 2.69. The highest BCUT2D eigenvalue weighted by Crippen LogP contribution is 2.28. The first-order chi connectivity index (χ1) is 6.81. The lowest BCUT2D eigenvalue weighted by Gasteiger charge is -2.34. The zero-order valence-corrected chi connectivity index (χ0v) is 10.1. The highest BCUT2D eigenvalue weighted by Gasteiger charge is 2.27. The predicted molar refractivity (Wildman–Crippen MR) is 64.8 cm³/mol. The Bertz CT molecular complexity index is 298. The van der Waals surface area contributed by atoms with Crippen molar-refractivity contribution < 1.29 is 4.74 Å². The Hall–Kier alpha value is -0.280. The molecule has 0 aliphatic carbocycles. The van der Waals surface area contributed by atoms with Crippen molar-refractivity contribution in [1.82, 2.24) is 5.32 Å². The zero-order valence-electron chi connectivity index (χ0n) is 8.57. The molecule has 1 aromatic carbocycles. The summed E-state index contributed by atoms with van der Waals surface area (Å²) in [6.07, 6.45) is 0.202. The molecule has 1 saturated heterocycles. The first kappa shape index (κ1) is 12.8. The van der Waals surface area contributed by atoms with E-state index >= 15 is 0 Å². The summed E-state index contributed by atoms with van der Waals surface area (Å²) in [6, 6.07) is 7.90. The monoisotopic (exact) mass is 247 g/mol. The van der Waals surface area contributed by atoms with Crippen LogP contribution in [0.5, 0.6) is 0 Å². The van der Waals surface area contributed by atoms with Crippen molar-refractivity contribution in [1.29, 1.82) is 0 Å². The highest BCUT2D eigenvalue weighted by molar-refractivity contribution is 6.30. The summed E-state index contributed by atoms with van der Waals surface area (Å²) in [5.41, 5.74) is 1.21. The fourth-order valence-electron chi connectivity index (χ4n) is 1.78. The van der Waals surface area contributed by atoms with Crippen molar-refractivity contribution in [2.24, 2.45) is 5.92 Å². The summed E-state index contributed by atoms with van der Waals surface area (Å²) < 4.78 is 5.50. The van der Waals surface area contributed by atoms with E-state index in [9.17, 15) is 0 Å². The molecule has 84 valence electrons. The van der Waals surface area contributed by atoms with Gasteiger partial charge in [-0.2, -0.15) is 0 Å². The molecule has 0 radical (unpaired) electrons. The lowest BCUT2D eigenvalue weighted by molar-refractivity contribution is 0.0292. The lowest BCUT2D eigenvalue weighted by atomic mass is 9.91. The summed E-state index contributed by atoms with van der Waals surface area (Å²) in [6.45, 7) is 2.09. The number of ether oxygens (including phenoxy) is 1. The minimum atomic E-state index is 0. The molecule has 1 fully saturated rings. The molecule has 1 heterocycles. The normalized spacial score (nSPS) is 17.7. The van der Waals surface area contributed by atoms with E-state index in [1.54, 1.807) is 7.11 Å². The SMILES string of the molecule is CO[C@@H](c1ccc(Cl)cc1)C1CNC1.Cl. The van der Waals surface area contributed by atoms with Gasteiger partial charge in [0.25, 0.3) is 0 Å². The van der Waals surface area contributed by atoms with E-state index in [0.29, 0.717) is 5.92 Å². The molecule has 15 heavy (non-hydrogen) atoms. The number of halogens is 2. The summed E-state index contributed by atoms with van der Waals surface area (Å²) in [4.78, 5) is 0. The van der Waals surface area contributed by atoms with Gasteiger partial charge in [0, 0.05) is 31.1 Å². The van der Waals surface area contributed by atoms with Crippen LogP contribution in [-0.2, 0) is 4.74 Å². The van der Waals surface area contributed by atoms with Gasteiger partial charge in [-0.1, -0.05) is 23.7 Å². The summed E-state index contributed by atoms with van der Waals surface area (Å²) in [5, 5.41) is 4.02. The molecule has 2 nitrogen and oxygen atoms in total. The van der Waals surface area contributed by atoms with E-state index in [-0.39, 0.29) is 18.5 Å². The van der Waals surface area contributed by atoms with Gasteiger partial charge in [-0.05, 0) is 17.7 Å². The molecule has 1 aromatic rings. The van der Waals surface area contributed by atoms with Crippen molar-refractivity contribution in [3.05, 3.63) is 34.9 Å². The quantitative estimate of drug-likeness (QED) is 0.887. The number of benzene rings is 1. The van der Waals surface area contributed by atoms with Crippen LogP contribution < -0.4 is 5.32 Å². The number of rotatable bonds is 3. The fraction of sp³-hybridized carbons (Fsp3) is 0.455. The molecule has 0 unspecified atom stereocenters. The highest BCUT2D eigenvalue weighted by atomic mass is 35.5. The van der Waals surface area contributed by atoms with E-state index in [0.717, 1.165) is 18.1 Å². The Balaban J connectivity index is 0.00000112. The van der Waals surface area contributed by atoms with Crippen LogP contribution in [0.25, 0.3) is 0 Å². The Morgan fingerprint density at radius 2 is 1.93 bits per heavy atom. The Kier molecular flexibility index (Phi) is 4.87. The maximum absolute atomic E-state index is 5.83. The third-order valence-corrected chi connectivity index (χ3v) is 2.95. The van der Waals surface area contributed by atoms with Crippen LogP contribution in [0.2, 0.25) is 5.02 Å². The van der Waals surface area contributed by atoms with Crippen LogP contribution in [0.15, 0.2) is 24.3 Å². The molecule has 0 spiro atoms. The molecule has 2 rings (SSSR count). The van der Waals surface area contributed by atoms with Crippen LogP contribution in [0.1, 0.15) is 11.7 Å². The molecular weight excluding hydrogens is 233 g/mol. The Labute approximate surface area is 101 Å². The average Bonchev–Trinajstić information content (AvgIpc) is 2.13. The first-order valence-corrected chi connectivity index (χ1v) is 5.18. The van der Waals surface area contributed by atoms with E-state index < -0.39 is 0 Å². The topological polar surface area (TPSA) is 21.3 Å². The van der Waals surface area contributed by atoms with Gasteiger partial charge in [-0.15, -0.1) is 12.4 Å². The van der Waals surface area contributed by atoms with Crippen LogP contribution in [0, 0.1) is 5.92 Å². The third kappa shape index (κ3) is 2.85. The molecule has 1 aliphatic rings. The van der Waals surface area contributed by atoms with E-state index in [4.69, 9.17) is 16.3 Å². The number of nitrogens with one attached hydrogen (secondary N) is 1. The van der Waals surface area contributed by atoms with Gasteiger partial charge < -0.3 is 10.1 Å². The molecule has 1 aliphatic heterocycles. The van der Waals surface area contributed by atoms with Crippen LogP contribution in [0.3, 0.4) is 0 Å². The second-order valence-corrected chi connectivity index (χ2v) is 4.06. The van der Waals surface area contributed by atoms with Crippen LogP contribution >= 0.6 is 24.0 Å². The maximum atomic E-state index is 5.83. The summed E-state index contributed by atoms with van der Waals surface area (Å²) >= 11 is 5.83. The van der Waals surface area contributed by atoms with Gasteiger partial charge in [0.15, 0.2) is 0 Å². The summed E-state index contributed by atoms with van der Waals surface area (Å²) in [7, 11) is 1.76. The Morgan fingerprint density at radius 1 is 1.33 bits per heavy atom. The summed E-state index contributed by atoms with van der Waals surface area (Å²) in [5.74, 6) is 0.598. The molecular formula is C11H15Cl2NO. The van der Waals surface area contributed by atoms with Gasteiger partial charge in [-0.25, -0.2) is 0 Å². The molecule has 1 atom stereocenters. The molecule has 4 heteroatoms. The molecule has 0 bridgehead atoms. The number of hydrogen-bond acceptors (Lipinski definition) is 2. The van der Waals surface area contributed by atoms with Crippen molar-refractivity contribution in [3.63, 3.8) is 0 Å². The molecule has 0 amide bonds. The smallest absolute Gasteiger partial charge is 0.0873 e. The van der Waals surface area contributed by atoms with Crippen molar-refractivity contribution in [2.75, 3.05) is 20.2 Å². The Morgan fingerprint density at radius 3 is 2.33 bits per heavy atom. The fourth-order valence-corrected chi connectivity index (χ4v) is 1.90. The van der Waals surface area contributed by atoms with Gasteiger partial charge in [0.05, 0.1) is 6.10 Å². The van der Waals surface area contributed by atoms with E-state index in [1.807, 2.05) is 24.3 Å². The number of methoxy groups -OCH3 is 1. The lowest BCUT2D eigenvalue weighted by Crippen LogP contribution is -2.45. The van der Waals surface area contributed by atoms with Crippen molar-refractivity contribution >= 4 is 24.0 Å². The maximum Gasteiger partial charge on any atom is 0.0873 e. The molecule has 1 N–H and O–H groups in total. The second kappa shape index (κ2) is 5.71. The first-order valence-electron chi connectivity index (χ1n) is 4.80. The van der Waals surface area contributed by atoms with Crippen molar-refractivity contribution in [3.8, 4) is 0 Å². The molecule has 0 aromatic heterocycles. The largest absolute Gasteiger partial charge is 0.376 e. The average molecular weight is 248 g/mol. The van der Waals surface area contributed by atoms with E-state index in [2.05, 4.69) is 5.32 Å². The zero-order chi connectivity index (χ0) is 9.97. The van der Waals surface area contributed by atoms with Gasteiger partial charge in [0.2, 0.25) is 0 Å². The molecule has 0 saturated carbocycles. The van der Waals surface area contributed by atoms with Gasteiger partial charge in [-0.3, -0.25) is 0 Å². The van der Waals surface area contributed by atoms with Crippen LogP contribution in [-0.4, -0.2) is 20.2 Å². The van der Waals surface area contributed by atoms with Gasteiger partial charge in [0.1, 0.15) is 0 Å². The predicted octanol–water partition coefficient (Wildman–Crippen LogP) is 2.67. The van der Waals surface area contributed by atoms with Crippen LogP contribution in [0.4, 0.5) is 0 Å². The van der Waals surface area contributed by atoms with Crippen molar-refractivity contribution in [2.45, 2.75) is 6.10 Å². The standard InChI is InChI=1S/C11H14ClNO.ClH/c1-14-11(9-6-13-7-9)8-2-4-10(12)5-3-8;/h2-5,9,11,13H,6-7H2,1H3;1H/t11-;/m0./s1. The minimum absolute atomic E-state index is 0. The minimum Gasteiger partial charge on any atom is -0.376 e. The van der Waals surface area contributed by atoms with Gasteiger partial charge >= 0.3 is 0 Å². The second-order valence-electron chi connectivity index (χ2n) is 3.63. The number of hydrogen-bond donors (Lipinski definition) is 1.